The normalized spacial score (nSPS) is 34.3. The molecule has 1 N–H and O–H groups in total. The van der Waals surface area contributed by atoms with Gasteiger partial charge < -0.3 is 24.4 Å². The molecule has 5 atom stereocenters. The lowest BCUT2D eigenvalue weighted by molar-refractivity contribution is -0.194. The molecule has 2 bridgehead atoms. The standard InChI is InChI=1S/C22H28N2O4S/c1-27-15-9-7-14(8-10-15)24-18-16-11-17(25)20(28-21(16)26)19(18)23(22(24)29)12-13-5-3-2-4-6-13/h7-10,13,16-20,25H,2-6,11-12H2,1H3/t16-,17+,18-,19+,20-/m0/s1. The molecule has 1 aromatic carbocycles. The summed E-state index contributed by atoms with van der Waals surface area (Å²) in [4.78, 5) is 17.0. The van der Waals surface area contributed by atoms with Gasteiger partial charge in [0.2, 0.25) is 0 Å². The molecule has 0 unspecified atom stereocenters. The predicted octanol–water partition coefficient (Wildman–Crippen LogP) is 2.73. The van der Waals surface area contributed by atoms with Gasteiger partial charge in [0.1, 0.15) is 11.9 Å². The predicted molar refractivity (Wildman–Crippen MR) is 113 cm³/mol. The highest BCUT2D eigenvalue weighted by molar-refractivity contribution is 7.80. The third kappa shape index (κ3) is 3.10. The van der Waals surface area contributed by atoms with Crippen LogP contribution in [0.5, 0.6) is 5.75 Å². The van der Waals surface area contributed by atoms with Crippen LogP contribution >= 0.6 is 12.2 Å². The fraction of sp³-hybridized carbons (Fsp3) is 0.636. The van der Waals surface area contributed by atoms with Crippen molar-refractivity contribution < 1.29 is 19.4 Å². The van der Waals surface area contributed by atoms with Gasteiger partial charge in [0, 0.05) is 12.2 Å². The molecule has 6 nitrogen and oxygen atoms in total. The van der Waals surface area contributed by atoms with E-state index in [1.54, 1.807) is 7.11 Å². The van der Waals surface area contributed by atoms with Crippen molar-refractivity contribution in [2.45, 2.75) is 62.8 Å². The van der Waals surface area contributed by atoms with Crippen LogP contribution in [0.25, 0.3) is 0 Å². The molecule has 5 fully saturated rings. The quantitative estimate of drug-likeness (QED) is 0.598. The summed E-state index contributed by atoms with van der Waals surface area (Å²) in [7, 11) is 1.65. The topological polar surface area (TPSA) is 62.2 Å². The molecule has 156 valence electrons. The largest absolute Gasteiger partial charge is 0.497 e. The van der Waals surface area contributed by atoms with Crippen molar-refractivity contribution in [1.82, 2.24) is 4.90 Å². The number of aliphatic hydroxyl groups excluding tert-OH is 1. The van der Waals surface area contributed by atoms with Gasteiger partial charge in [0.25, 0.3) is 0 Å². The van der Waals surface area contributed by atoms with E-state index in [4.69, 9.17) is 21.7 Å². The second kappa shape index (κ2) is 7.43. The average Bonchev–Trinajstić information content (AvgIpc) is 3.03. The van der Waals surface area contributed by atoms with Gasteiger partial charge in [-0.2, -0.15) is 0 Å². The molecule has 3 aliphatic heterocycles. The van der Waals surface area contributed by atoms with Crippen molar-refractivity contribution in [1.29, 1.82) is 0 Å². The number of anilines is 1. The van der Waals surface area contributed by atoms with E-state index in [1.165, 1.54) is 32.1 Å². The van der Waals surface area contributed by atoms with Crippen LogP contribution in [0, 0.1) is 11.8 Å². The highest BCUT2D eigenvalue weighted by atomic mass is 32.1. The first-order valence-electron chi connectivity index (χ1n) is 10.7. The Morgan fingerprint density at radius 3 is 2.59 bits per heavy atom. The Labute approximate surface area is 176 Å². The van der Waals surface area contributed by atoms with E-state index in [2.05, 4.69) is 9.80 Å². The highest BCUT2D eigenvalue weighted by Gasteiger charge is 2.63. The molecule has 0 radical (unpaired) electrons. The van der Waals surface area contributed by atoms with Crippen molar-refractivity contribution in [3.05, 3.63) is 24.3 Å². The molecule has 3 saturated heterocycles. The monoisotopic (exact) mass is 416 g/mol. The number of fused-ring (bicyclic) bond motifs is 2. The van der Waals surface area contributed by atoms with Gasteiger partial charge in [-0.25, -0.2) is 0 Å². The number of nitrogens with zero attached hydrogens (tertiary/aromatic N) is 2. The van der Waals surface area contributed by atoms with E-state index >= 15 is 0 Å². The molecule has 0 spiro atoms. The Morgan fingerprint density at radius 1 is 1.17 bits per heavy atom. The molecule has 2 aliphatic carbocycles. The summed E-state index contributed by atoms with van der Waals surface area (Å²) in [6, 6.07) is 7.66. The van der Waals surface area contributed by atoms with Crippen molar-refractivity contribution >= 4 is 29.0 Å². The second-order valence-corrected chi connectivity index (χ2v) is 9.16. The number of carbonyl (C=O) groups is 1. The Morgan fingerprint density at radius 2 is 1.90 bits per heavy atom. The van der Waals surface area contributed by atoms with Gasteiger partial charge in [-0.05, 0) is 61.7 Å². The van der Waals surface area contributed by atoms with E-state index in [0.29, 0.717) is 12.3 Å². The first kappa shape index (κ1) is 19.1. The zero-order chi connectivity index (χ0) is 20.1. The number of aliphatic hydroxyl groups is 1. The SMILES string of the molecule is COc1ccc(N2C(=S)N(CC3CCCCC3)[C@H]3[C@H]4OC(=O)[C@@H](C[C@H]4O)[C@@H]32)cc1. The Hall–Kier alpha value is -1.86. The molecule has 3 heterocycles. The summed E-state index contributed by atoms with van der Waals surface area (Å²) in [6.45, 7) is 0.875. The maximum Gasteiger partial charge on any atom is 0.311 e. The van der Waals surface area contributed by atoms with Crippen LogP contribution in [-0.2, 0) is 9.53 Å². The van der Waals surface area contributed by atoms with Crippen LogP contribution in [0.15, 0.2) is 24.3 Å². The number of benzene rings is 1. The van der Waals surface area contributed by atoms with E-state index in [1.807, 2.05) is 24.3 Å². The smallest absolute Gasteiger partial charge is 0.311 e. The Balaban J connectivity index is 1.51. The minimum absolute atomic E-state index is 0.0852. The fourth-order valence-electron chi connectivity index (χ4n) is 5.76. The molecular weight excluding hydrogens is 388 g/mol. The van der Waals surface area contributed by atoms with Crippen molar-refractivity contribution in [3.8, 4) is 5.75 Å². The van der Waals surface area contributed by atoms with Gasteiger partial charge in [0.15, 0.2) is 5.11 Å². The maximum atomic E-state index is 12.6. The van der Waals surface area contributed by atoms with Crippen LogP contribution in [0.1, 0.15) is 38.5 Å². The number of hydrogen-bond donors (Lipinski definition) is 1. The second-order valence-electron chi connectivity index (χ2n) is 8.80. The minimum atomic E-state index is -0.619. The van der Waals surface area contributed by atoms with Gasteiger partial charge in [-0.3, -0.25) is 4.79 Å². The number of ether oxygens (including phenoxy) is 2. The van der Waals surface area contributed by atoms with Crippen LogP contribution in [0.2, 0.25) is 0 Å². The van der Waals surface area contributed by atoms with Crippen LogP contribution in [-0.4, -0.2) is 59.0 Å². The Kier molecular flexibility index (Phi) is 4.90. The molecule has 0 amide bonds. The Bertz CT molecular complexity index is 795. The number of carbonyl (C=O) groups excluding carboxylic acids is 1. The molecule has 5 aliphatic rings. The van der Waals surface area contributed by atoms with E-state index in [9.17, 15) is 9.90 Å². The van der Waals surface area contributed by atoms with Gasteiger partial charge >= 0.3 is 5.97 Å². The van der Waals surface area contributed by atoms with Gasteiger partial charge in [-0.1, -0.05) is 19.3 Å². The lowest BCUT2D eigenvalue weighted by Gasteiger charge is -2.49. The lowest BCUT2D eigenvalue weighted by atomic mass is 9.74. The van der Waals surface area contributed by atoms with E-state index < -0.39 is 12.2 Å². The summed E-state index contributed by atoms with van der Waals surface area (Å²) < 4.78 is 11.0. The van der Waals surface area contributed by atoms with Gasteiger partial charge in [0.05, 0.1) is 31.2 Å². The minimum Gasteiger partial charge on any atom is -0.497 e. The van der Waals surface area contributed by atoms with E-state index in [0.717, 1.165) is 23.1 Å². The number of esters is 1. The summed E-state index contributed by atoms with van der Waals surface area (Å²) in [5, 5.41) is 11.4. The molecule has 1 aromatic rings. The molecule has 7 heteroatoms. The average molecular weight is 417 g/mol. The lowest BCUT2D eigenvalue weighted by Crippen LogP contribution is -2.66. The zero-order valence-electron chi connectivity index (χ0n) is 16.7. The summed E-state index contributed by atoms with van der Waals surface area (Å²) in [6.07, 6.45) is 5.60. The van der Waals surface area contributed by atoms with Crippen LogP contribution < -0.4 is 9.64 Å². The summed E-state index contributed by atoms with van der Waals surface area (Å²) in [5.74, 6) is 0.819. The molecule has 6 rings (SSSR count). The number of rotatable bonds is 4. The number of thiocarbonyl (C=S) groups is 1. The van der Waals surface area contributed by atoms with Gasteiger partial charge in [-0.15, -0.1) is 0 Å². The highest BCUT2D eigenvalue weighted by Crippen LogP contribution is 2.46. The first-order chi connectivity index (χ1) is 14.1. The van der Waals surface area contributed by atoms with Crippen molar-refractivity contribution in [3.63, 3.8) is 0 Å². The number of hydrogen-bond acceptors (Lipinski definition) is 5. The molecule has 2 saturated carbocycles. The third-order valence-corrected chi connectivity index (χ3v) is 7.60. The molecular formula is C22H28N2O4S. The maximum absolute atomic E-state index is 12.6. The first-order valence-corrected chi connectivity index (χ1v) is 11.1. The summed E-state index contributed by atoms with van der Waals surface area (Å²) in [5.41, 5.74) is 0.965. The fourth-order valence-corrected chi connectivity index (χ4v) is 6.18. The third-order valence-electron chi connectivity index (χ3n) is 7.17. The zero-order valence-corrected chi connectivity index (χ0v) is 17.5. The number of methoxy groups -OCH3 is 1. The molecule has 0 aromatic heterocycles. The van der Waals surface area contributed by atoms with Crippen molar-refractivity contribution in [2.75, 3.05) is 18.6 Å². The van der Waals surface area contributed by atoms with E-state index in [-0.39, 0.29) is 24.0 Å². The van der Waals surface area contributed by atoms with Crippen LogP contribution in [0.4, 0.5) is 5.69 Å². The van der Waals surface area contributed by atoms with Crippen molar-refractivity contribution in [2.24, 2.45) is 11.8 Å². The molecule has 29 heavy (non-hydrogen) atoms. The summed E-state index contributed by atoms with van der Waals surface area (Å²) >= 11 is 5.97. The van der Waals surface area contributed by atoms with Crippen LogP contribution in [0.3, 0.4) is 0 Å².